The lowest BCUT2D eigenvalue weighted by Crippen LogP contribution is -2.20. The van der Waals surface area contributed by atoms with E-state index in [0.717, 1.165) is 23.5 Å². The van der Waals surface area contributed by atoms with Gasteiger partial charge in [-0.3, -0.25) is 4.79 Å². The van der Waals surface area contributed by atoms with E-state index in [0.29, 0.717) is 5.13 Å². The maximum absolute atomic E-state index is 12.0. The van der Waals surface area contributed by atoms with Crippen LogP contribution < -0.4 is 11.1 Å². The van der Waals surface area contributed by atoms with Crippen molar-refractivity contribution in [3.8, 4) is 0 Å². The average molecular weight is 392 g/mol. The number of nitrogens with two attached hydrogens (primary N) is 1. The second-order valence-electron chi connectivity index (χ2n) is 5.32. The second-order valence-corrected chi connectivity index (χ2v) is 6.39. The predicted molar refractivity (Wildman–Crippen MR) is 103 cm³/mol. The van der Waals surface area contributed by atoms with Crippen molar-refractivity contribution in [3.05, 3.63) is 40.9 Å². The fourth-order valence-electron chi connectivity index (χ4n) is 1.91. The lowest BCUT2D eigenvalue weighted by molar-refractivity contribution is -0.116. The van der Waals surface area contributed by atoms with Crippen molar-refractivity contribution in [3.63, 3.8) is 0 Å². The SMILES string of the molecule is CN(C)CCc1nnc(NC(=O)CC(N)c2ccccc2)s1.Cl.Cl. The number of aromatic nitrogens is 2. The van der Waals surface area contributed by atoms with Crippen LogP contribution in [0.5, 0.6) is 0 Å². The van der Waals surface area contributed by atoms with Gasteiger partial charge in [0.1, 0.15) is 5.01 Å². The number of nitrogens with zero attached hydrogens (tertiary/aromatic N) is 3. The summed E-state index contributed by atoms with van der Waals surface area (Å²) in [6.45, 7) is 0.904. The summed E-state index contributed by atoms with van der Waals surface area (Å²) in [5, 5.41) is 12.3. The van der Waals surface area contributed by atoms with Gasteiger partial charge >= 0.3 is 0 Å². The van der Waals surface area contributed by atoms with E-state index in [1.165, 1.54) is 11.3 Å². The first-order chi connectivity index (χ1) is 10.5. The smallest absolute Gasteiger partial charge is 0.228 e. The van der Waals surface area contributed by atoms with Gasteiger partial charge in [0.15, 0.2) is 0 Å². The van der Waals surface area contributed by atoms with Crippen LogP contribution in [0.4, 0.5) is 5.13 Å². The Bertz CT molecular complexity index is 609. The summed E-state index contributed by atoms with van der Waals surface area (Å²) >= 11 is 1.40. The Balaban J connectivity index is 0.00000264. The quantitative estimate of drug-likeness (QED) is 0.757. The molecule has 0 aliphatic heterocycles. The van der Waals surface area contributed by atoms with Crippen molar-refractivity contribution in [2.24, 2.45) is 5.73 Å². The van der Waals surface area contributed by atoms with Gasteiger partial charge in [-0.2, -0.15) is 0 Å². The van der Waals surface area contributed by atoms with E-state index in [4.69, 9.17) is 5.73 Å². The molecule has 2 aromatic rings. The van der Waals surface area contributed by atoms with Gasteiger partial charge in [0.05, 0.1) is 0 Å². The molecule has 1 heterocycles. The summed E-state index contributed by atoms with van der Waals surface area (Å²) < 4.78 is 0. The number of anilines is 1. The largest absolute Gasteiger partial charge is 0.324 e. The molecule has 1 unspecified atom stereocenters. The zero-order valence-electron chi connectivity index (χ0n) is 13.6. The molecule has 0 fully saturated rings. The van der Waals surface area contributed by atoms with E-state index < -0.39 is 0 Å². The Hall–Kier alpha value is -1.25. The zero-order chi connectivity index (χ0) is 15.9. The van der Waals surface area contributed by atoms with Crippen LogP contribution in [0, 0.1) is 0 Å². The highest BCUT2D eigenvalue weighted by Gasteiger charge is 2.13. The molecule has 24 heavy (non-hydrogen) atoms. The molecule has 9 heteroatoms. The van der Waals surface area contributed by atoms with Gasteiger partial charge in [0.25, 0.3) is 0 Å². The highest BCUT2D eigenvalue weighted by atomic mass is 35.5. The van der Waals surface area contributed by atoms with E-state index >= 15 is 0 Å². The number of nitrogens with one attached hydrogen (secondary N) is 1. The third-order valence-electron chi connectivity index (χ3n) is 3.12. The normalized spacial score (nSPS) is 11.3. The van der Waals surface area contributed by atoms with E-state index in [1.807, 2.05) is 44.4 Å². The Labute approximate surface area is 158 Å². The van der Waals surface area contributed by atoms with Crippen LogP contribution in [0.1, 0.15) is 23.0 Å². The lowest BCUT2D eigenvalue weighted by Gasteiger charge is -2.10. The number of rotatable bonds is 7. The fraction of sp³-hybridized carbons (Fsp3) is 0.400. The van der Waals surface area contributed by atoms with Crippen molar-refractivity contribution in [2.75, 3.05) is 26.0 Å². The van der Waals surface area contributed by atoms with Gasteiger partial charge in [0.2, 0.25) is 11.0 Å². The molecule has 0 aliphatic rings. The monoisotopic (exact) mass is 391 g/mol. The minimum Gasteiger partial charge on any atom is -0.324 e. The van der Waals surface area contributed by atoms with Gasteiger partial charge in [-0.15, -0.1) is 35.0 Å². The summed E-state index contributed by atoms with van der Waals surface area (Å²) in [5.74, 6) is -0.147. The van der Waals surface area contributed by atoms with E-state index in [2.05, 4.69) is 20.4 Å². The van der Waals surface area contributed by atoms with Crippen LogP contribution in [0.25, 0.3) is 0 Å². The molecule has 134 valence electrons. The maximum atomic E-state index is 12.0. The highest BCUT2D eigenvalue weighted by molar-refractivity contribution is 7.15. The Kier molecular flexibility index (Phi) is 10.7. The van der Waals surface area contributed by atoms with Gasteiger partial charge in [0, 0.05) is 25.4 Å². The number of amides is 1. The Morgan fingerprint density at radius 1 is 1.25 bits per heavy atom. The fourth-order valence-corrected chi connectivity index (χ4v) is 2.66. The lowest BCUT2D eigenvalue weighted by atomic mass is 10.0. The van der Waals surface area contributed by atoms with Gasteiger partial charge in [-0.05, 0) is 19.7 Å². The standard InChI is InChI=1S/C15H21N5OS.2ClH/c1-20(2)9-8-14-18-19-15(22-14)17-13(21)10-12(16)11-6-4-3-5-7-11;;/h3-7,12H,8-10,16H2,1-2H3,(H,17,19,21);2*1H. The molecule has 0 bridgehead atoms. The minimum absolute atomic E-state index is 0. The van der Waals surface area contributed by atoms with Gasteiger partial charge < -0.3 is 16.0 Å². The highest BCUT2D eigenvalue weighted by Crippen LogP contribution is 2.18. The maximum Gasteiger partial charge on any atom is 0.228 e. The Morgan fingerprint density at radius 2 is 1.92 bits per heavy atom. The van der Waals surface area contributed by atoms with Crippen molar-refractivity contribution >= 4 is 47.2 Å². The second kappa shape index (κ2) is 11.3. The molecule has 0 radical (unpaired) electrons. The predicted octanol–water partition coefficient (Wildman–Crippen LogP) is 2.51. The van der Waals surface area contributed by atoms with E-state index in [1.54, 1.807) is 0 Å². The van der Waals surface area contributed by atoms with Gasteiger partial charge in [-0.1, -0.05) is 41.7 Å². The molecule has 1 atom stereocenters. The first-order valence-corrected chi connectivity index (χ1v) is 7.93. The summed E-state index contributed by atoms with van der Waals surface area (Å²) in [6, 6.07) is 9.27. The summed E-state index contributed by atoms with van der Waals surface area (Å²) in [6.07, 6.45) is 1.04. The van der Waals surface area contributed by atoms with Crippen LogP contribution in [-0.4, -0.2) is 41.6 Å². The molecule has 3 N–H and O–H groups in total. The minimum atomic E-state index is -0.317. The first kappa shape index (κ1) is 22.8. The van der Waals surface area contributed by atoms with Crippen LogP contribution in [0.15, 0.2) is 30.3 Å². The van der Waals surface area contributed by atoms with Crippen LogP contribution in [-0.2, 0) is 11.2 Å². The topological polar surface area (TPSA) is 84.1 Å². The van der Waals surface area contributed by atoms with Crippen molar-refractivity contribution in [1.82, 2.24) is 15.1 Å². The number of benzene rings is 1. The number of hydrogen-bond donors (Lipinski definition) is 2. The van der Waals surface area contributed by atoms with Crippen molar-refractivity contribution < 1.29 is 4.79 Å². The molecule has 0 aliphatic carbocycles. The van der Waals surface area contributed by atoms with Crippen LogP contribution in [0.3, 0.4) is 0 Å². The molecule has 0 saturated carbocycles. The number of likely N-dealkylation sites (N-methyl/N-ethyl adjacent to an activating group) is 1. The van der Waals surface area contributed by atoms with E-state index in [-0.39, 0.29) is 43.2 Å². The molecular formula is C15H23Cl2N5OS. The third-order valence-corrected chi connectivity index (χ3v) is 4.02. The van der Waals surface area contributed by atoms with Crippen LogP contribution >= 0.6 is 36.2 Å². The summed E-state index contributed by atoms with van der Waals surface area (Å²) in [7, 11) is 4.02. The molecule has 1 aromatic carbocycles. The van der Waals surface area contributed by atoms with Gasteiger partial charge in [-0.25, -0.2) is 0 Å². The molecular weight excluding hydrogens is 369 g/mol. The summed E-state index contributed by atoms with van der Waals surface area (Å²) in [4.78, 5) is 14.1. The number of carbonyl (C=O) groups is 1. The molecule has 1 amide bonds. The summed E-state index contributed by atoms with van der Waals surface area (Å²) in [5.41, 5.74) is 6.98. The van der Waals surface area contributed by atoms with Crippen molar-refractivity contribution in [2.45, 2.75) is 18.9 Å². The number of carbonyl (C=O) groups excluding carboxylic acids is 1. The average Bonchev–Trinajstić information content (AvgIpc) is 2.93. The molecule has 0 saturated heterocycles. The molecule has 2 rings (SSSR count). The number of halogens is 2. The Morgan fingerprint density at radius 3 is 2.54 bits per heavy atom. The van der Waals surface area contributed by atoms with Crippen molar-refractivity contribution in [1.29, 1.82) is 0 Å². The zero-order valence-corrected chi connectivity index (χ0v) is 16.1. The third kappa shape index (κ3) is 7.55. The molecule has 6 nitrogen and oxygen atoms in total. The molecule has 1 aromatic heterocycles. The molecule has 0 spiro atoms. The first-order valence-electron chi connectivity index (χ1n) is 7.12. The van der Waals surface area contributed by atoms with E-state index in [9.17, 15) is 4.79 Å². The number of hydrogen-bond acceptors (Lipinski definition) is 6. The van der Waals surface area contributed by atoms with Crippen LogP contribution in [0.2, 0.25) is 0 Å².